The van der Waals surface area contributed by atoms with Gasteiger partial charge in [0.1, 0.15) is 0 Å². The number of halogens is 1. The van der Waals surface area contributed by atoms with Gasteiger partial charge in [-0.2, -0.15) is 5.10 Å². The fourth-order valence-electron chi connectivity index (χ4n) is 2.21. The third-order valence-corrected chi connectivity index (χ3v) is 3.86. The highest BCUT2D eigenvalue weighted by molar-refractivity contribution is 6.31. The van der Waals surface area contributed by atoms with E-state index < -0.39 is 0 Å². The Morgan fingerprint density at radius 3 is 2.53 bits per heavy atom. The zero-order valence-electron chi connectivity index (χ0n) is 13.0. The number of nitrogens with zero attached hydrogens (tertiary/aromatic N) is 2. The topological polar surface area (TPSA) is 29.9 Å². The van der Waals surface area contributed by atoms with Gasteiger partial charge in [-0.15, -0.1) is 0 Å². The van der Waals surface area contributed by atoms with Gasteiger partial charge in [0.2, 0.25) is 0 Å². The molecule has 1 aromatic heterocycles. The van der Waals surface area contributed by atoms with Crippen molar-refractivity contribution in [2.45, 2.75) is 54.0 Å². The summed E-state index contributed by atoms with van der Waals surface area (Å²) in [6.07, 6.45) is 2.16. The maximum atomic E-state index is 6.32. The summed E-state index contributed by atoms with van der Waals surface area (Å²) in [7, 11) is 0. The van der Waals surface area contributed by atoms with Crippen LogP contribution < -0.4 is 5.32 Å². The van der Waals surface area contributed by atoms with E-state index in [4.69, 9.17) is 11.6 Å². The second-order valence-electron chi connectivity index (χ2n) is 5.86. The Morgan fingerprint density at radius 1 is 1.26 bits per heavy atom. The van der Waals surface area contributed by atoms with E-state index >= 15 is 0 Å². The standard InChI is InChI=1S/C15H28ClN3/c1-6-19-14(15(16)13(5)18-19)8-7-12(4)10-17-9-11(2)3/h11-12,17H,6-10H2,1-5H3. The Bertz CT molecular complexity index is 385. The van der Waals surface area contributed by atoms with Crippen LogP contribution in [0.3, 0.4) is 0 Å². The molecule has 0 fully saturated rings. The SMILES string of the molecule is CCn1nc(C)c(Cl)c1CCC(C)CNCC(C)C. The fraction of sp³-hybridized carbons (Fsp3) is 0.800. The van der Waals surface area contributed by atoms with Crippen LogP contribution in [-0.4, -0.2) is 22.9 Å². The Balaban J connectivity index is 2.43. The first-order valence-electron chi connectivity index (χ1n) is 7.38. The molecule has 0 aliphatic heterocycles. The van der Waals surface area contributed by atoms with E-state index in [1.807, 2.05) is 11.6 Å². The minimum atomic E-state index is 0.662. The van der Waals surface area contributed by atoms with Gasteiger partial charge in [0.05, 0.1) is 16.4 Å². The van der Waals surface area contributed by atoms with Gasteiger partial charge in [-0.25, -0.2) is 0 Å². The summed E-state index contributed by atoms with van der Waals surface area (Å²) in [5, 5.41) is 8.83. The minimum absolute atomic E-state index is 0.662. The van der Waals surface area contributed by atoms with Crippen molar-refractivity contribution < 1.29 is 0 Å². The van der Waals surface area contributed by atoms with E-state index in [1.54, 1.807) is 0 Å². The lowest BCUT2D eigenvalue weighted by atomic mass is 10.0. The summed E-state index contributed by atoms with van der Waals surface area (Å²) < 4.78 is 2.03. The zero-order chi connectivity index (χ0) is 14.4. The Morgan fingerprint density at radius 2 is 1.95 bits per heavy atom. The molecule has 1 atom stereocenters. The molecule has 0 amide bonds. The highest BCUT2D eigenvalue weighted by Crippen LogP contribution is 2.22. The van der Waals surface area contributed by atoms with Crippen molar-refractivity contribution in [3.05, 3.63) is 16.4 Å². The lowest BCUT2D eigenvalue weighted by molar-refractivity contribution is 0.448. The van der Waals surface area contributed by atoms with Crippen molar-refractivity contribution in [2.24, 2.45) is 11.8 Å². The van der Waals surface area contributed by atoms with Crippen molar-refractivity contribution in [3.63, 3.8) is 0 Å². The normalized spacial score (nSPS) is 13.2. The molecule has 1 unspecified atom stereocenters. The van der Waals surface area contributed by atoms with Gasteiger partial charge in [-0.3, -0.25) is 4.68 Å². The Labute approximate surface area is 122 Å². The molecule has 110 valence electrons. The predicted octanol–water partition coefficient (Wildman–Crippen LogP) is 3.68. The molecule has 0 saturated heterocycles. The smallest absolute Gasteiger partial charge is 0.0847 e. The molecule has 1 rings (SSSR count). The van der Waals surface area contributed by atoms with Crippen LogP contribution in [0, 0.1) is 18.8 Å². The number of rotatable bonds is 8. The molecule has 1 N–H and O–H groups in total. The molecule has 4 heteroatoms. The van der Waals surface area contributed by atoms with E-state index in [1.165, 1.54) is 5.69 Å². The van der Waals surface area contributed by atoms with Crippen LogP contribution in [-0.2, 0) is 13.0 Å². The van der Waals surface area contributed by atoms with Gasteiger partial charge in [0.15, 0.2) is 0 Å². The minimum Gasteiger partial charge on any atom is -0.316 e. The number of nitrogens with one attached hydrogen (secondary N) is 1. The highest BCUT2D eigenvalue weighted by atomic mass is 35.5. The third kappa shape index (κ3) is 5.15. The largest absolute Gasteiger partial charge is 0.316 e. The van der Waals surface area contributed by atoms with Crippen LogP contribution in [0.2, 0.25) is 5.02 Å². The first-order valence-corrected chi connectivity index (χ1v) is 7.75. The molecule has 1 aromatic rings. The first kappa shape index (κ1) is 16.5. The number of aryl methyl sites for hydroxylation is 2. The van der Waals surface area contributed by atoms with Crippen molar-refractivity contribution in [1.82, 2.24) is 15.1 Å². The lowest BCUT2D eigenvalue weighted by Gasteiger charge is -2.14. The van der Waals surface area contributed by atoms with Gasteiger partial charge in [0, 0.05) is 6.54 Å². The molecule has 19 heavy (non-hydrogen) atoms. The maximum absolute atomic E-state index is 6.32. The van der Waals surface area contributed by atoms with E-state index in [0.717, 1.165) is 43.2 Å². The number of hydrogen-bond donors (Lipinski definition) is 1. The van der Waals surface area contributed by atoms with E-state index in [0.29, 0.717) is 11.8 Å². The molecule has 0 saturated carbocycles. The molecule has 0 aliphatic rings. The molecule has 3 nitrogen and oxygen atoms in total. The fourth-order valence-corrected chi connectivity index (χ4v) is 2.44. The molecule has 1 heterocycles. The number of aromatic nitrogens is 2. The predicted molar refractivity (Wildman–Crippen MR) is 82.8 cm³/mol. The zero-order valence-corrected chi connectivity index (χ0v) is 13.7. The Hall–Kier alpha value is -0.540. The quantitative estimate of drug-likeness (QED) is 0.790. The summed E-state index contributed by atoms with van der Waals surface area (Å²) in [6, 6.07) is 0. The number of hydrogen-bond acceptors (Lipinski definition) is 2. The Kier molecular flexibility index (Phi) is 6.87. The van der Waals surface area contributed by atoms with Crippen LogP contribution >= 0.6 is 11.6 Å². The van der Waals surface area contributed by atoms with Gasteiger partial charge in [-0.1, -0.05) is 32.4 Å². The second kappa shape index (κ2) is 7.91. The lowest BCUT2D eigenvalue weighted by Crippen LogP contribution is -2.25. The van der Waals surface area contributed by atoms with Crippen LogP contribution in [0.4, 0.5) is 0 Å². The first-order chi connectivity index (χ1) is 8.95. The molecule has 0 aliphatic carbocycles. The molecule has 0 aromatic carbocycles. The van der Waals surface area contributed by atoms with Gasteiger partial charge < -0.3 is 5.32 Å². The van der Waals surface area contributed by atoms with Crippen LogP contribution in [0.1, 0.15) is 45.5 Å². The van der Waals surface area contributed by atoms with Crippen LogP contribution in [0.25, 0.3) is 0 Å². The van der Waals surface area contributed by atoms with E-state index in [2.05, 4.69) is 38.1 Å². The maximum Gasteiger partial charge on any atom is 0.0847 e. The summed E-state index contributed by atoms with van der Waals surface area (Å²) in [6.45, 7) is 13.9. The second-order valence-corrected chi connectivity index (χ2v) is 6.24. The summed E-state index contributed by atoms with van der Waals surface area (Å²) in [5.41, 5.74) is 2.14. The molecule has 0 spiro atoms. The summed E-state index contributed by atoms with van der Waals surface area (Å²) in [5.74, 6) is 1.38. The average Bonchev–Trinajstić information content (AvgIpc) is 2.62. The average molecular weight is 286 g/mol. The van der Waals surface area contributed by atoms with E-state index in [-0.39, 0.29) is 0 Å². The monoisotopic (exact) mass is 285 g/mol. The summed E-state index contributed by atoms with van der Waals surface area (Å²) in [4.78, 5) is 0. The molecule has 0 radical (unpaired) electrons. The van der Waals surface area contributed by atoms with Crippen LogP contribution in [0.5, 0.6) is 0 Å². The third-order valence-electron chi connectivity index (χ3n) is 3.37. The molecular formula is C15H28ClN3. The van der Waals surface area contributed by atoms with Gasteiger partial charge in [0.25, 0.3) is 0 Å². The summed E-state index contributed by atoms with van der Waals surface area (Å²) >= 11 is 6.32. The van der Waals surface area contributed by atoms with Crippen LogP contribution in [0.15, 0.2) is 0 Å². The van der Waals surface area contributed by atoms with Crippen molar-refractivity contribution >= 4 is 11.6 Å². The highest BCUT2D eigenvalue weighted by Gasteiger charge is 2.13. The van der Waals surface area contributed by atoms with E-state index in [9.17, 15) is 0 Å². The van der Waals surface area contributed by atoms with Gasteiger partial charge in [-0.05, 0) is 51.6 Å². The van der Waals surface area contributed by atoms with Crippen molar-refractivity contribution in [3.8, 4) is 0 Å². The molecular weight excluding hydrogens is 258 g/mol. The molecule has 0 bridgehead atoms. The van der Waals surface area contributed by atoms with Crippen molar-refractivity contribution in [1.29, 1.82) is 0 Å². The van der Waals surface area contributed by atoms with Crippen molar-refractivity contribution in [2.75, 3.05) is 13.1 Å². The van der Waals surface area contributed by atoms with Gasteiger partial charge >= 0.3 is 0 Å².